The summed E-state index contributed by atoms with van der Waals surface area (Å²) in [5, 5.41) is 12.4. The van der Waals surface area contributed by atoms with Crippen LogP contribution in [0.15, 0.2) is 18.2 Å². The normalized spacial score (nSPS) is 12.9. The summed E-state index contributed by atoms with van der Waals surface area (Å²) < 4.78 is 3.93. The van der Waals surface area contributed by atoms with Gasteiger partial charge in [0, 0.05) is 11.4 Å². The van der Waals surface area contributed by atoms with E-state index in [0.717, 1.165) is 21.8 Å². The summed E-state index contributed by atoms with van der Waals surface area (Å²) in [6, 6.07) is 5.06. The van der Waals surface area contributed by atoms with E-state index in [0.29, 0.717) is 18.7 Å². The van der Waals surface area contributed by atoms with Gasteiger partial charge in [0.1, 0.15) is 0 Å². The Morgan fingerprint density at radius 1 is 1.43 bits per heavy atom. The summed E-state index contributed by atoms with van der Waals surface area (Å²) in [5.74, 6) is 0.246. The number of fused-ring (bicyclic) bond motifs is 1. The molecule has 0 saturated heterocycles. The highest BCUT2D eigenvalue weighted by Crippen LogP contribution is 2.26. The van der Waals surface area contributed by atoms with Crippen LogP contribution in [0.2, 0.25) is 0 Å². The maximum Gasteiger partial charge on any atom is 0.319 e. The molecule has 2 heterocycles. The van der Waals surface area contributed by atoms with Crippen LogP contribution >= 0.6 is 11.5 Å². The van der Waals surface area contributed by atoms with Crippen molar-refractivity contribution >= 4 is 34.8 Å². The van der Waals surface area contributed by atoms with Gasteiger partial charge >= 0.3 is 6.03 Å². The molecule has 1 aliphatic rings. The Morgan fingerprint density at radius 2 is 2.26 bits per heavy atom. The fraction of sp³-hybridized carbons (Fsp3) is 0.333. The number of nitrogens with one attached hydrogen (secondary N) is 3. The monoisotopic (exact) mass is 331 g/mol. The highest BCUT2D eigenvalue weighted by atomic mass is 32.1. The minimum Gasteiger partial charge on any atom is -0.333 e. The number of benzene rings is 1. The zero-order valence-electron chi connectivity index (χ0n) is 12.8. The smallest absolute Gasteiger partial charge is 0.319 e. The molecular formula is C15H17N5O2S. The Bertz CT molecular complexity index is 756. The topological polar surface area (TPSA) is 96.0 Å². The van der Waals surface area contributed by atoms with Crippen LogP contribution in [0.25, 0.3) is 0 Å². The van der Waals surface area contributed by atoms with Crippen molar-refractivity contribution in [1.29, 1.82) is 0 Å². The van der Waals surface area contributed by atoms with Crippen LogP contribution in [-0.4, -0.2) is 21.5 Å². The molecule has 1 aromatic carbocycles. The van der Waals surface area contributed by atoms with Gasteiger partial charge in [0.15, 0.2) is 0 Å². The van der Waals surface area contributed by atoms with E-state index < -0.39 is 0 Å². The zero-order chi connectivity index (χ0) is 16.4. The van der Waals surface area contributed by atoms with Gasteiger partial charge in [0.2, 0.25) is 5.91 Å². The van der Waals surface area contributed by atoms with Gasteiger partial charge in [-0.2, -0.15) is 0 Å². The number of nitrogens with zero attached hydrogens (tertiary/aromatic N) is 2. The first-order chi connectivity index (χ1) is 11.0. The summed E-state index contributed by atoms with van der Waals surface area (Å²) in [6.45, 7) is 4.47. The van der Waals surface area contributed by atoms with Gasteiger partial charge in [-0.05, 0) is 41.2 Å². The molecule has 0 radical (unpaired) electrons. The van der Waals surface area contributed by atoms with Gasteiger partial charge in [-0.25, -0.2) is 4.79 Å². The average molecular weight is 331 g/mol. The van der Waals surface area contributed by atoms with E-state index in [9.17, 15) is 9.59 Å². The van der Waals surface area contributed by atoms with Gasteiger partial charge in [0.05, 0.1) is 23.5 Å². The molecule has 120 valence electrons. The number of anilines is 2. The van der Waals surface area contributed by atoms with E-state index in [4.69, 9.17) is 0 Å². The molecule has 0 bridgehead atoms. The van der Waals surface area contributed by atoms with Crippen molar-refractivity contribution in [2.75, 3.05) is 10.6 Å². The highest BCUT2D eigenvalue weighted by molar-refractivity contribution is 7.05. The number of aromatic nitrogens is 2. The molecular weight excluding hydrogens is 314 g/mol. The molecule has 3 N–H and O–H groups in total. The standard InChI is InChI=1S/C15H17N5O2S/c1-8(2)14-12(23-20-19-14)7-16-15(22)17-10-3-4-11-9(5-10)6-13(21)18-11/h3-5,8H,6-7H2,1-2H3,(H,18,21)(H2,16,17,22). The molecule has 0 fully saturated rings. The molecule has 23 heavy (non-hydrogen) atoms. The van der Waals surface area contributed by atoms with Crippen LogP contribution in [0.1, 0.15) is 35.9 Å². The van der Waals surface area contributed by atoms with Crippen LogP contribution in [0.5, 0.6) is 0 Å². The van der Waals surface area contributed by atoms with Crippen molar-refractivity contribution in [2.24, 2.45) is 0 Å². The lowest BCUT2D eigenvalue weighted by Gasteiger charge is -2.09. The second kappa shape index (κ2) is 6.33. The van der Waals surface area contributed by atoms with E-state index in [1.54, 1.807) is 18.2 Å². The number of urea groups is 1. The van der Waals surface area contributed by atoms with Gasteiger partial charge in [-0.15, -0.1) is 5.10 Å². The van der Waals surface area contributed by atoms with Crippen LogP contribution in [0.3, 0.4) is 0 Å². The van der Waals surface area contributed by atoms with Crippen LogP contribution in [0, 0.1) is 0 Å². The first kappa shape index (κ1) is 15.4. The fourth-order valence-electron chi connectivity index (χ4n) is 2.42. The molecule has 7 nitrogen and oxygen atoms in total. The third-order valence-electron chi connectivity index (χ3n) is 3.53. The Balaban J connectivity index is 1.59. The van der Waals surface area contributed by atoms with Crippen molar-refractivity contribution in [3.05, 3.63) is 34.3 Å². The van der Waals surface area contributed by atoms with Crippen molar-refractivity contribution in [3.63, 3.8) is 0 Å². The second-order valence-electron chi connectivity index (χ2n) is 5.64. The van der Waals surface area contributed by atoms with Crippen molar-refractivity contribution in [3.8, 4) is 0 Å². The minimum absolute atomic E-state index is 0.0273. The largest absolute Gasteiger partial charge is 0.333 e. The average Bonchev–Trinajstić information content (AvgIpc) is 3.09. The predicted octanol–water partition coefficient (Wildman–Crippen LogP) is 2.48. The van der Waals surface area contributed by atoms with E-state index in [2.05, 4.69) is 25.5 Å². The van der Waals surface area contributed by atoms with Crippen LogP contribution in [-0.2, 0) is 17.8 Å². The summed E-state index contributed by atoms with van der Waals surface area (Å²) in [4.78, 5) is 24.3. The SMILES string of the molecule is CC(C)c1nnsc1CNC(=O)Nc1ccc2c(c1)CC(=O)N2. The van der Waals surface area contributed by atoms with Gasteiger partial charge in [-0.1, -0.05) is 18.3 Å². The van der Waals surface area contributed by atoms with E-state index >= 15 is 0 Å². The molecule has 1 aliphatic heterocycles. The van der Waals surface area contributed by atoms with Crippen molar-refractivity contribution in [1.82, 2.24) is 14.9 Å². The van der Waals surface area contributed by atoms with Gasteiger partial charge in [0.25, 0.3) is 0 Å². The van der Waals surface area contributed by atoms with E-state index in [-0.39, 0.29) is 17.9 Å². The molecule has 1 aromatic heterocycles. The molecule has 0 unspecified atom stereocenters. The minimum atomic E-state index is -0.301. The summed E-state index contributed by atoms with van der Waals surface area (Å²) in [6.07, 6.45) is 0.344. The van der Waals surface area contributed by atoms with Crippen LogP contribution in [0.4, 0.5) is 16.2 Å². The molecule has 0 saturated carbocycles. The number of amides is 3. The molecule has 3 rings (SSSR count). The maximum atomic E-state index is 12.0. The molecule has 0 atom stereocenters. The third kappa shape index (κ3) is 3.48. The zero-order valence-corrected chi connectivity index (χ0v) is 13.7. The lowest BCUT2D eigenvalue weighted by molar-refractivity contribution is -0.115. The Morgan fingerprint density at radius 3 is 3.04 bits per heavy atom. The van der Waals surface area contributed by atoms with Crippen molar-refractivity contribution in [2.45, 2.75) is 32.7 Å². The number of carbonyl (C=O) groups excluding carboxylic acids is 2. The highest BCUT2D eigenvalue weighted by Gasteiger charge is 2.18. The Labute approximate surface area is 137 Å². The number of hydrogen-bond donors (Lipinski definition) is 3. The lowest BCUT2D eigenvalue weighted by atomic mass is 10.1. The predicted molar refractivity (Wildman–Crippen MR) is 88.6 cm³/mol. The molecule has 0 aliphatic carbocycles. The Kier molecular flexibility index (Phi) is 4.24. The van der Waals surface area contributed by atoms with E-state index in [1.165, 1.54) is 11.5 Å². The first-order valence-corrected chi connectivity index (χ1v) is 8.09. The molecule has 8 heteroatoms. The van der Waals surface area contributed by atoms with Crippen molar-refractivity contribution < 1.29 is 9.59 Å². The van der Waals surface area contributed by atoms with Gasteiger partial charge in [-0.3, -0.25) is 4.79 Å². The van der Waals surface area contributed by atoms with Crippen LogP contribution < -0.4 is 16.0 Å². The number of hydrogen-bond acceptors (Lipinski definition) is 5. The fourth-order valence-corrected chi connectivity index (χ4v) is 3.15. The summed E-state index contributed by atoms with van der Waals surface area (Å²) in [5.41, 5.74) is 3.27. The van der Waals surface area contributed by atoms with Gasteiger partial charge < -0.3 is 16.0 Å². The maximum absolute atomic E-state index is 12.0. The first-order valence-electron chi connectivity index (χ1n) is 7.31. The number of rotatable bonds is 4. The molecule has 2 aromatic rings. The molecule has 3 amide bonds. The third-order valence-corrected chi connectivity index (χ3v) is 4.27. The summed E-state index contributed by atoms with van der Waals surface area (Å²) in [7, 11) is 0. The number of carbonyl (C=O) groups is 2. The second-order valence-corrected chi connectivity index (χ2v) is 6.48. The summed E-state index contributed by atoms with van der Waals surface area (Å²) >= 11 is 1.29. The Hall–Kier alpha value is -2.48. The molecule has 0 spiro atoms. The quantitative estimate of drug-likeness (QED) is 0.802. The van der Waals surface area contributed by atoms with E-state index in [1.807, 2.05) is 13.8 Å². The lowest BCUT2D eigenvalue weighted by Crippen LogP contribution is -2.28.